The van der Waals surface area contributed by atoms with Gasteiger partial charge in [0.2, 0.25) is 0 Å². The van der Waals surface area contributed by atoms with Crippen LogP contribution in [-0.4, -0.2) is 23.9 Å². The van der Waals surface area contributed by atoms with E-state index < -0.39 is 0 Å². The Morgan fingerprint density at radius 2 is 1.41 bits per heavy atom. The molecule has 0 amide bonds. The molecule has 0 saturated carbocycles. The largest absolute Gasteiger partial charge is 0.309 e. The predicted molar refractivity (Wildman–Crippen MR) is 166 cm³/mol. The molecule has 41 heavy (non-hydrogen) atoms. The van der Waals surface area contributed by atoms with E-state index in [-0.39, 0.29) is 0 Å². The van der Waals surface area contributed by atoms with E-state index in [1.165, 1.54) is 49.7 Å². The average molecular weight is 524 g/mol. The van der Waals surface area contributed by atoms with Crippen LogP contribution >= 0.6 is 0 Å². The molecule has 0 atom stereocenters. The Balaban J connectivity index is 1.36. The van der Waals surface area contributed by atoms with E-state index in [1.54, 1.807) is 0 Å². The summed E-state index contributed by atoms with van der Waals surface area (Å²) in [4.78, 5) is 14.7. The van der Waals surface area contributed by atoms with Gasteiger partial charge in [0.25, 0.3) is 0 Å². The fourth-order valence-electron chi connectivity index (χ4n) is 7.13. The number of para-hydroxylation sites is 2. The molecule has 1 aliphatic rings. The van der Waals surface area contributed by atoms with Gasteiger partial charge in [-0.25, -0.2) is 9.97 Å². The van der Waals surface area contributed by atoms with Crippen molar-refractivity contribution in [3.63, 3.8) is 0 Å². The second kappa shape index (κ2) is 7.55. The molecule has 5 nitrogen and oxygen atoms in total. The van der Waals surface area contributed by atoms with Crippen LogP contribution in [0.5, 0.6) is 0 Å². The van der Waals surface area contributed by atoms with Gasteiger partial charge < -0.3 is 4.57 Å². The number of hydrogen-bond acceptors (Lipinski definition) is 3. The zero-order valence-electron chi connectivity index (χ0n) is 21.9. The Labute approximate surface area is 234 Å². The Hall–Kier alpha value is -5.55. The van der Waals surface area contributed by atoms with E-state index in [9.17, 15) is 0 Å². The summed E-state index contributed by atoms with van der Waals surface area (Å²) >= 11 is 0. The quantitative estimate of drug-likeness (QED) is 0.204. The van der Waals surface area contributed by atoms with Gasteiger partial charge >= 0.3 is 0 Å². The van der Waals surface area contributed by atoms with Crippen LogP contribution in [-0.2, 0) is 6.42 Å². The van der Waals surface area contributed by atoms with Crippen LogP contribution in [0.15, 0.2) is 116 Å². The van der Waals surface area contributed by atoms with Gasteiger partial charge in [0.05, 0.1) is 22.1 Å². The molecule has 0 saturated heterocycles. The Morgan fingerprint density at radius 3 is 2.37 bits per heavy atom. The minimum absolute atomic E-state index is 0.863. The highest BCUT2D eigenvalue weighted by atomic mass is 15.1. The van der Waals surface area contributed by atoms with Gasteiger partial charge in [-0.3, -0.25) is 9.38 Å². The van der Waals surface area contributed by atoms with Crippen molar-refractivity contribution >= 4 is 60.4 Å². The maximum absolute atomic E-state index is 5.07. The number of pyridine rings is 3. The lowest BCUT2D eigenvalue weighted by Crippen LogP contribution is -1.95. The molecule has 190 valence electrons. The van der Waals surface area contributed by atoms with Crippen LogP contribution in [0.4, 0.5) is 0 Å². The summed E-state index contributed by atoms with van der Waals surface area (Å²) in [6.07, 6.45) is 4.61. The molecule has 0 aliphatic heterocycles. The van der Waals surface area contributed by atoms with Crippen LogP contribution in [0.3, 0.4) is 0 Å². The van der Waals surface area contributed by atoms with Crippen LogP contribution in [0.1, 0.15) is 11.1 Å². The molecule has 1 aliphatic carbocycles. The molecule has 9 aromatic rings. The molecule has 4 aromatic carbocycles. The first-order chi connectivity index (χ1) is 20.3. The molecule has 5 heteroatoms. The summed E-state index contributed by atoms with van der Waals surface area (Å²) in [7, 11) is 0. The van der Waals surface area contributed by atoms with Gasteiger partial charge in [0.15, 0.2) is 5.65 Å². The molecule has 0 bridgehead atoms. The number of imidazole rings is 1. The summed E-state index contributed by atoms with van der Waals surface area (Å²) in [5.74, 6) is 0. The number of hydrogen-bond donors (Lipinski definition) is 0. The highest BCUT2D eigenvalue weighted by Gasteiger charge is 2.27. The van der Waals surface area contributed by atoms with Crippen molar-refractivity contribution in [1.82, 2.24) is 23.9 Å². The third-order valence-electron chi connectivity index (χ3n) is 8.77. The fourth-order valence-corrected chi connectivity index (χ4v) is 7.13. The highest BCUT2D eigenvalue weighted by molar-refractivity contribution is 6.20. The first-order valence-corrected chi connectivity index (χ1v) is 13.9. The van der Waals surface area contributed by atoms with Crippen molar-refractivity contribution in [2.45, 2.75) is 6.42 Å². The number of benzene rings is 4. The lowest BCUT2D eigenvalue weighted by Gasteiger charge is -2.11. The highest BCUT2D eigenvalue weighted by Crippen LogP contribution is 2.47. The molecule has 5 aromatic heterocycles. The van der Waals surface area contributed by atoms with Gasteiger partial charge in [0.1, 0.15) is 11.2 Å². The molecular formula is C36H21N5. The van der Waals surface area contributed by atoms with Gasteiger partial charge in [-0.1, -0.05) is 42.5 Å². The standard InChI is InChI=1S/C36H21N5/c1-2-8-23(9-3-1)40-29-12-5-4-10-24(29)33-30(40)15-14-21-18-22-19-27-26(20-25(22)32(21)33)34-31(13-7-16-37-34)41-35(27)39-28-11-6-17-38-36(28)41/h1-17,19-20H,18H2. The smallest absolute Gasteiger partial charge is 0.165 e. The monoisotopic (exact) mass is 523 g/mol. The molecular weight excluding hydrogens is 502 g/mol. The first-order valence-electron chi connectivity index (χ1n) is 13.9. The Kier molecular flexibility index (Phi) is 3.92. The maximum atomic E-state index is 5.07. The second-order valence-electron chi connectivity index (χ2n) is 10.9. The molecule has 10 rings (SSSR count). The summed E-state index contributed by atoms with van der Waals surface area (Å²) in [5.41, 5.74) is 13.6. The van der Waals surface area contributed by atoms with Gasteiger partial charge in [0, 0.05) is 39.6 Å². The number of nitrogens with zero attached hydrogens (tertiary/aromatic N) is 5. The molecule has 0 N–H and O–H groups in total. The van der Waals surface area contributed by atoms with Crippen LogP contribution < -0.4 is 0 Å². The van der Waals surface area contributed by atoms with E-state index in [0.29, 0.717) is 0 Å². The molecule has 5 heterocycles. The molecule has 0 fully saturated rings. The third-order valence-corrected chi connectivity index (χ3v) is 8.77. The molecule has 0 unspecified atom stereocenters. The van der Waals surface area contributed by atoms with Gasteiger partial charge in [-0.05, 0) is 89.3 Å². The van der Waals surface area contributed by atoms with Crippen LogP contribution in [0, 0.1) is 0 Å². The summed E-state index contributed by atoms with van der Waals surface area (Å²) < 4.78 is 4.56. The third kappa shape index (κ3) is 2.68. The van der Waals surface area contributed by atoms with Crippen molar-refractivity contribution in [2.24, 2.45) is 0 Å². The van der Waals surface area contributed by atoms with Crippen LogP contribution in [0.25, 0.3) is 77.2 Å². The maximum Gasteiger partial charge on any atom is 0.165 e. The van der Waals surface area contributed by atoms with Crippen LogP contribution in [0.2, 0.25) is 0 Å². The van der Waals surface area contributed by atoms with Crippen molar-refractivity contribution in [1.29, 1.82) is 0 Å². The second-order valence-corrected chi connectivity index (χ2v) is 10.9. The van der Waals surface area contributed by atoms with E-state index >= 15 is 0 Å². The van der Waals surface area contributed by atoms with E-state index in [1.807, 2.05) is 30.6 Å². The van der Waals surface area contributed by atoms with Gasteiger partial charge in [-0.2, -0.15) is 0 Å². The fraction of sp³-hybridized carbons (Fsp3) is 0.0278. The number of rotatable bonds is 1. The minimum Gasteiger partial charge on any atom is -0.309 e. The normalized spacial score (nSPS) is 12.8. The zero-order valence-corrected chi connectivity index (χ0v) is 21.9. The lowest BCUT2D eigenvalue weighted by atomic mass is 9.97. The van der Waals surface area contributed by atoms with Crippen molar-refractivity contribution in [3.8, 4) is 16.8 Å². The molecule has 0 radical (unpaired) electrons. The summed E-state index contributed by atoms with van der Waals surface area (Å²) in [6.45, 7) is 0. The minimum atomic E-state index is 0.863. The zero-order chi connectivity index (χ0) is 26.7. The van der Waals surface area contributed by atoms with Gasteiger partial charge in [-0.15, -0.1) is 0 Å². The lowest BCUT2D eigenvalue weighted by molar-refractivity contribution is 1.18. The topological polar surface area (TPSA) is 48.0 Å². The number of aromatic nitrogens is 5. The van der Waals surface area contributed by atoms with Crippen molar-refractivity contribution < 1.29 is 0 Å². The van der Waals surface area contributed by atoms with Crippen molar-refractivity contribution in [3.05, 3.63) is 127 Å². The SMILES string of the molecule is c1ccc(-n2c3ccccc3c3c4c(ccc32)Cc2cc3c(cc2-4)c2ncccc2n2c4ncccc4nc32)cc1. The predicted octanol–water partition coefficient (Wildman–Crippen LogP) is 8.25. The Morgan fingerprint density at radius 1 is 0.585 bits per heavy atom. The molecule has 0 spiro atoms. The average Bonchev–Trinajstić information content (AvgIpc) is 3.70. The van der Waals surface area contributed by atoms with Crippen molar-refractivity contribution in [2.75, 3.05) is 0 Å². The first kappa shape index (κ1) is 21.3. The number of fused-ring (bicyclic) bond motifs is 15. The van der Waals surface area contributed by atoms with E-state index in [0.717, 1.165) is 45.0 Å². The summed E-state index contributed by atoms with van der Waals surface area (Å²) in [5, 5.41) is 4.83. The summed E-state index contributed by atoms with van der Waals surface area (Å²) in [6, 6.07) is 36.9. The Bertz CT molecular complexity index is 2550. The van der Waals surface area contributed by atoms with E-state index in [4.69, 9.17) is 15.0 Å². The van der Waals surface area contributed by atoms with E-state index in [2.05, 4.69) is 93.9 Å².